The lowest BCUT2D eigenvalue weighted by atomic mass is 10.3. The topological polar surface area (TPSA) is 36.4 Å². The molecule has 0 bridgehead atoms. The largest absolute Gasteiger partial charge is 0.335 e. The number of nitrogens with zero attached hydrogens (tertiary/aromatic N) is 3. The van der Waals surface area contributed by atoms with Gasteiger partial charge in [-0.05, 0) is 7.05 Å². The van der Waals surface area contributed by atoms with E-state index in [1.54, 1.807) is 10.9 Å². The molecule has 4 nitrogen and oxygen atoms in total. The van der Waals surface area contributed by atoms with Crippen molar-refractivity contribution in [2.24, 2.45) is 0 Å². The Labute approximate surface area is 87.2 Å². The van der Waals surface area contributed by atoms with E-state index >= 15 is 0 Å². The SMILES string of the molecule is CN1CCN(C(=O)c2cscn2)CC1. The van der Waals surface area contributed by atoms with Gasteiger partial charge in [0.25, 0.3) is 5.91 Å². The van der Waals surface area contributed by atoms with Crippen molar-refractivity contribution >= 4 is 17.2 Å². The van der Waals surface area contributed by atoms with Crippen LogP contribution in [0.25, 0.3) is 0 Å². The third-order valence-electron chi connectivity index (χ3n) is 2.44. The molecule has 1 aromatic heterocycles. The van der Waals surface area contributed by atoms with Gasteiger partial charge in [0.05, 0.1) is 5.51 Å². The molecule has 1 saturated heterocycles. The zero-order valence-corrected chi connectivity index (χ0v) is 8.96. The summed E-state index contributed by atoms with van der Waals surface area (Å²) in [5.74, 6) is 0.0688. The summed E-state index contributed by atoms with van der Waals surface area (Å²) in [4.78, 5) is 19.9. The van der Waals surface area contributed by atoms with Gasteiger partial charge in [-0.1, -0.05) is 0 Å². The lowest BCUT2D eigenvalue weighted by Crippen LogP contribution is -2.47. The smallest absolute Gasteiger partial charge is 0.273 e. The van der Waals surface area contributed by atoms with Crippen molar-refractivity contribution in [3.8, 4) is 0 Å². The van der Waals surface area contributed by atoms with Gasteiger partial charge < -0.3 is 9.80 Å². The molecular formula is C9H13N3OS. The fourth-order valence-electron chi connectivity index (χ4n) is 1.49. The molecule has 1 aromatic rings. The number of piperazine rings is 1. The number of carbonyl (C=O) groups excluding carboxylic acids is 1. The highest BCUT2D eigenvalue weighted by Gasteiger charge is 2.21. The van der Waals surface area contributed by atoms with Gasteiger partial charge in [0, 0.05) is 31.6 Å². The van der Waals surface area contributed by atoms with E-state index in [1.807, 2.05) is 4.90 Å². The van der Waals surface area contributed by atoms with E-state index in [2.05, 4.69) is 16.9 Å². The van der Waals surface area contributed by atoms with Crippen molar-refractivity contribution in [1.82, 2.24) is 14.8 Å². The fraction of sp³-hybridized carbons (Fsp3) is 0.556. The Kier molecular flexibility index (Phi) is 2.79. The number of hydrogen-bond acceptors (Lipinski definition) is 4. The van der Waals surface area contributed by atoms with Crippen LogP contribution in [0.5, 0.6) is 0 Å². The van der Waals surface area contributed by atoms with Crippen molar-refractivity contribution in [3.63, 3.8) is 0 Å². The predicted octanol–water partition coefficient (Wildman–Crippen LogP) is 0.531. The molecule has 5 heteroatoms. The number of hydrogen-bond donors (Lipinski definition) is 0. The molecule has 0 radical (unpaired) electrons. The standard InChI is InChI=1S/C9H13N3OS/c1-11-2-4-12(5-3-11)9(13)8-6-14-7-10-8/h6-7H,2-5H2,1H3. The molecule has 1 amide bonds. The molecule has 0 saturated carbocycles. The van der Waals surface area contributed by atoms with Gasteiger partial charge in [-0.3, -0.25) is 4.79 Å². The summed E-state index contributed by atoms with van der Waals surface area (Å²) in [6.45, 7) is 3.53. The molecule has 2 rings (SSSR count). The molecule has 1 fully saturated rings. The molecule has 0 spiro atoms. The Morgan fingerprint density at radius 2 is 2.14 bits per heavy atom. The Hall–Kier alpha value is -0.940. The minimum Gasteiger partial charge on any atom is -0.335 e. The van der Waals surface area contributed by atoms with Gasteiger partial charge >= 0.3 is 0 Å². The lowest BCUT2D eigenvalue weighted by molar-refractivity contribution is 0.0659. The summed E-state index contributed by atoms with van der Waals surface area (Å²) in [5, 5.41) is 1.81. The zero-order chi connectivity index (χ0) is 9.97. The Balaban J connectivity index is 1.99. The van der Waals surface area contributed by atoms with Gasteiger partial charge in [0.15, 0.2) is 0 Å². The second kappa shape index (κ2) is 4.06. The molecule has 1 aliphatic heterocycles. The van der Waals surface area contributed by atoms with E-state index in [0.29, 0.717) is 5.69 Å². The molecule has 0 N–H and O–H groups in total. The van der Waals surface area contributed by atoms with Crippen molar-refractivity contribution in [1.29, 1.82) is 0 Å². The lowest BCUT2D eigenvalue weighted by Gasteiger charge is -2.31. The van der Waals surface area contributed by atoms with Crippen LogP contribution in [-0.4, -0.2) is 53.9 Å². The second-order valence-corrected chi connectivity index (χ2v) is 4.19. The maximum Gasteiger partial charge on any atom is 0.273 e. The average Bonchev–Trinajstić information content (AvgIpc) is 2.71. The Morgan fingerprint density at radius 1 is 1.43 bits per heavy atom. The van der Waals surface area contributed by atoms with E-state index in [1.165, 1.54) is 11.3 Å². The van der Waals surface area contributed by atoms with Crippen LogP contribution < -0.4 is 0 Å². The first-order chi connectivity index (χ1) is 6.77. The second-order valence-electron chi connectivity index (χ2n) is 3.47. The highest BCUT2D eigenvalue weighted by Crippen LogP contribution is 2.08. The van der Waals surface area contributed by atoms with Crippen LogP contribution in [0.15, 0.2) is 10.9 Å². The maximum atomic E-state index is 11.8. The molecular weight excluding hydrogens is 198 g/mol. The third-order valence-corrected chi connectivity index (χ3v) is 3.03. The quantitative estimate of drug-likeness (QED) is 0.680. The molecule has 2 heterocycles. The zero-order valence-electron chi connectivity index (χ0n) is 8.14. The number of carbonyl (C=O) groups is 1. The summed E-state index contributed by atoms with van der Waals surface area (Å²) >= 11 is 1.46. The van der Waals surface area contributed by atoms with Crippen LogP contribution in [0.3, 0.4) is 0 Å². The van der Waals surface area contributed by atoms with Crippen molar-refractivity contribution in [3.05, 3.63) is 16.6 Å². The van der Waals surface area contributed by atoms with E-state index in [-0.39, 0.29) is 5.91 Å². The number of aromatic nitrogens is 1. The van der Waals surface area contributed by atoms with Crippen LogP contribution in [0.2, 0.25) is 0 Å². The average molecular weight is 211 g/mol. The molecule has 1 aliphatic rings. The van der Waals surface area contributed by atoms with E-state index < -0.39 is 0 Å². The summed E-state index contributed by atoms with van der Waals surface area (Å²) in [6, 6.07) is 0. The van der Waals surface area contributed by atoms with Gasteiger partial charge in [-0.25, -0.2) is 4.98 Å². The first-order valence-corrected chi connectivity index (χ1v) is 5.57. The molecule has 0 unspecified atom stereocenters. The van der Waals surface area contributed by atoms with E-state index in [9.17, 15) is 4.79 Å². The van der Waals surface area contributed by atoms with E-state index in [0.717, 1.165) is 26.2 Å². The van der Waals surface area contributed by atoms with Crippen LogP contribution >= 0.6 is 11.3 Å². The van der Waals surface area contributed by atoms with Crippen molar-refractivity contribution < 1.29 is 4.79 Å². The van der Waals surface area contributed by atoms with Gasteiger partial charge in [-0.15, -0.1) is 11.3 Å². The first kappa shape index (κ1) is 9.61. The van der Waals surface area contributed by atoms with Crippen LogP contribution in [0.1, 0.15) is 10.5 Å². The number of likely N-dealkylation sites (N-methyl/N-ethyl adjacent to an activating group) is 1. The maximum absolute atomic E-state index is 11.8. The number of amides is 1. The van der Waals surface area contributed by atoms with E-state index in [4.69, 9.17) is 0 Å². The van der Waals surface area contributed by atoms with Crippen LogP contribution in [0, 0.1) is 0 Å². The number of rotatable bonds is 1. The summed E-state index contributed by atoms with van der Waals surface area (Å²) in [5.41, 5.74) is 2.28. The summed E-state index contributed by atoms with van der Waals surface area (Å²) in [7, 11) is 2.07. The van der Waals surface area contributed by atoms with Gasteiger partial charge in [0.1, 0.15) is 5.69 Å². The van der Waals surface area contributed by atoms with Crippen molar-refractivity contribution in [2.45, 2.75) is 0 Å². The van der Waals surface area contributed by atoms with Gasteiger partial charge in [-0.2, -0.15) is 0 Å². The summed E-state index contributed by atoms with van der Waals surface area (Å²) in [6.07, 6.45) is 0. The van der Waals surface area contributed by atoms with Crippen LogP contribution in [-0.2, 0) is 0 Å². The number of thiazole rings is 1. The molecule has 14 heavy (non-hydrogen) atoms. The minimum absolute atomic E-state index is 0.0688. The minimum atomic E-state index is 0.0688. The molecule has 0 atom stereocenters. The Morgan fingerprint density at radius 3 is 2.71 bits per heavy atom. The highest BCUT2D eigenvalue weighted by molar-refractivity contribution is 7.07. The molecule has 0 aromatic carbocycles. The van der Waals surface area contributed by atoms with Gasteiger partial charge in [0.2, 0.25) is 0 Å². The predicted molar refractivity (Wildman–Crippen MR) is 55.5 cm³/mol. The van der Waals surface area contributed by atoms with Crippen molar-refractivity contribution in [2.75, 3.05) is 33.2 Å². The molecule has 0 aliphatic carbocycles. The summed E-state index contributed by atoms with van der Waals surface area (Å²) < 4.78 is 0. The monoisotopic (exact) mass is 211 g/mol. The van der Waals surface area contributed by atoms with Crippen LogP contribution in [0.4, 0.5) is 0 Å². The first-order valence-electron chi connectivity index (χ1n) is 4.63. The highest BCUT2D eigenvalue weighted by atomic mass is 32.1. The molecule has 76 valence electrons. The Bertz CT molecular complexity index is 304. The normalized spacial score (nSPS) is 18.5. The third kappa shape index (κ3) is 1.93. The fourth-order valence-corrected chi connectivity index (χ4v) is 2.02.